The van der Waals surface area contributed by atoms with Gasteiger partial charge in [0.15, 0.2) is 0 Å². The molecule has 0 aliphatic rings. The van der Waals surface area contributed by atoms with Gasteiger partial charge in [-0.15, -0.1) is 11.3 Å². The highest BCUT2D eigenvalue weighted by atomic mass is 32.2. The van der Waals surface area contributed by atoms with Crippen molar-refractivity contribution < 1.29 is 41.1 Å². The van der Waals surface area contributed by atoms with Crippen LogP contribution >= 0.6 is 18.9 Å². The van der Waals surface area contributed by atoms with E-state index in [1.165, 1.54) is 6.07 Å². The topological polar surface area (TPSA) is 194 Å². The fourth-order valence-electron chi connectivity index (χ4n) is 2.32. The van der Waals surface area contributed by atoms with Crippen LogP contribution in [0.15, 0.2) is 12.1 Å². The van der Waals surface area contributed by atoms with E-state index in [-0.39, 0.29) is 45.8 Å². The second-order valence-corrected chi connectivity index (χ2v) is 10.2. The van der Waals surface area contributed by atoms with Crippen molar-refractivity contribution in [1.82, 2.24) is 0 Å². The summed E-state index contributed by atoms with van der Waals surface area (Å²) in [7, 11) is -9.73. The SMILES string of the molecule is N#Cc1c(C(F)(F)P(=O)(O)O)sc2c(OCCCS(N)(=O)=O)cc(C(N)=O)cc12. The van der Waals surface area contributed by atoms with Gasteiger partial charge in [-0.05, 0) is 18.6 Å². The molecule has 0 aliphatic carbocycles. The van der Waals surface area contributed by atoms with Crippen molar-refractivity contribution in [3.05, 3.63) is 28.1 Å². The predicted octanol–water partition coefficient (Wildman–Crippen LogP) is 1.16. The first-order valence-electron chi connectivity index (χ1n) is 7.56. The molecule has 29 heavy (non-hydrogen) atoms. The number of hydrogen-bond donors (Lipinski definition) is 4. The standard InChI is InChI=1S/C14H14F2N3O7PS2/c15-14(16,27(21,22)23)12-9(6-17)8-4-7(13(18)20)5-10(11(8)28-12)26-2-1-3-29(19,24)25/h4-5H,1-3H2,(H2,18,20)(H2,19,24,25)(H2,21,22,23). The normalized spacial score (nSPS) is 12.7. The fraction of sp³-hybridized carbons (Fsp3) is 0.286. The van der Waals surface area contributed by atoms with Crippen LogP contribution in [0.2, 0.25) is 0 Å². The highest BCUT2D eigenvalue weighted by molar-refractivity contribution is 7.89. The van der Waals surface area contributed by atoms with E-state index in [0.29, 0.717) is 0 Å². The van der Waals surface area contributed by atoms with Gasteiger partial charge in [-0.2, -0.15) is 14.0 Å². The van der Waals surface area contributed by atoms with Crippen LogP contribution in [0.3, 0.4) is 0 Å². The van der Waals surface area contributed by atoms with Crippen molar-refractivity contribution in [3.8, 4) is 11.8 Å². The number of alkyl halides is 2. The second-order valence-electron chi connectivity index (χ2n) is 5.79. The molecule has 0 radical (unpaired) electrons. The highest BCUT2D eigenvalue weighted by Crippen LogP contribution is 2.62. The number of ether oxygens (including phenoxy) is 1. The molecule has 0 aliphatic heterocycles. The Morgan fingerprint density at radius 2 is 2.00 bits per heavy atom. The first-order valence-corrected chi connectivity index (χ1v) is 11.7. The van der Waals surface area contributed by atoms with Crippen molar-refractivity contribution in [3.63, 3.8) is 0 Å². The molecule has 158 valence electrons. The van der Waals surface area contributed by atoms with Gasteiger partial charge in [0.05, 0.1) is 22.6 Å². The minimum Gasteiger partial charge on any atom is -0.492 e. The van der Waals surface area contributed by atoms with Gasteiger partial charge < -0.3 is 20.3 Å². The van der Waals surface area contributed by atoms with Crippen LogP contribution in [0.4, 0.5) is 8.78 Å². The van der Waals surface area contributed by atoms with Gasteiger partial charge >= 0.3 is 13.3 Å². The number of rotatable bonds is 8. The number of nitrogens with two attached hydrogens (primary N) is 2. The first kappa shape index (κ1) is 23.1. The molecule has 1 heterocycles. The largest absolute Gasteiger partial charge is 0.492 e. The van der Waals surface area contributed by atoms with Gasteiger partial charge in [-0.25, -0.2) is 13.6 Å². The Morgan fingerprint density at radius 3 is 2.48 bits per heavy atom. The Labute approximate surface area is 166 Å². The zero-order chi connectivity index (χ0) is 22.2. The third kappa shape index (κ3) is 4.89. The molecular weight excluding hydrogens is 455 g/mol. The molecule has 0 atom stereocenters. The highest BCUT2D eigenvalue weighted by Gasteiger charge is 2.53. The van der Waals surface area contributed by atoms with E-state index in [1.54, 1.807) is 0 Å². The van der Waals surface area contributed by atoms with E-state index in [4.69, 9.17) is 25.4 Å². The molecule has 1 aromatic heterocycles. The van der Waals surface area contributed by atoms with Crippen molar-refractivity contribution in [1.29, 1.82) is 5.26 Å². The molecule has 0 fully saturated rings. The molecule has 0 unspecified atom stereocenters. The van der Waals surface area contributed by atoms with Gasteiger partial charge in [-0.3, -0.25) is 9.36 Å². The third-order valence-corrected chi connectivity index (χ3v) is 6.88. The number of sulfonamides is 1. The van der Waals surface area contributed by atoms with Crippen molar-refractivity contribution in [2.24, 2.45) is 10.9 Å². The fourth-order valence-corrected chi connectivity index (χ4v) is 4.78. The zero-order valence-electron chi connectivity index (χ0n) is 14.3. The maximum absolute atomic E-state index is 14.3. The third-order valence-electron chi connectivity index (χ3n) is 3.62. The molecule has 15 heteroatoms. The lowest BCUT2D eigenvalue weighted by Gasteiger charge is -2.16. The lowest BCUT2D eigenvalue weighted by Crippen LogP contribution is -2.18. The lowest BCUT2D eigenvalue weighted by molar-refractivity contribution is 0.0599. The number of carbonyl (C=O) groups excluding carboxylic acids is 1. The molecule has 0 saturated heterocycles. The molecule has 0 saturated carbocycles. The number of amides is 1. The van der Waals surface area contributed by atoms with E-state index in [9.17, 15) is 31.8 Å². The van der Waals surface area contributed by atoms with Gasteiger partial charge in [0.25, 0.3) is 0 Å². The van der Waals surface area contributed by atoms with Crippen LogP contribution in [-0.4, -0.2) is 36.5 Å². The van der Waals surface area contributed by atoms with Crippen LogP contribution in [0.25, 0.3) is 10.1 Å². The number of carbonyl (C=O) groups is 1. The van der Waals surface area contributed by atoms with Crippen LogP contribution in [0.5, 0.6) is 5.75 Å². The predicted molar refractivity (Wildman–Crippen MR) is 99.1 cm³/mol. The van der Waals surface area contributed by atoms with Crippen LogP contribution < -0.4 is 15.6 Å². The van der Waals surface area contributed by atoms with Crippen LogP contribution in [0.1, 0.15) is 27.2 Å². The average molecular weight is 469 g/mol. The Hall–Kier alpha value is -2.14. The summed E-state index contributed by atoms with van der Waals surface area (Å²) >= 11 is 0.208. The minimum absolute atomic E-state index is 0.0664. The van der Waals surface area contributed by atoms with E-state index < -0.39 is 45.4 Å². The minimum atomic E-state index is -5.96. The molecular formula is C14H14F2N3O7PS2. The number of primary amides is 1. The van der Waals surface area contributed by atoms with E-state index in [1.807, 2.05) is 0 Å². The summed E-state index contributed by atoms with van der Waals surface area (Å²) in [5.74, 6) is -1.58. The van der Waals surface area contributed by atoms with Crippen LogP contribution in [0, 0.1) is 11.3 Å². The number of thiophene rings is 1. The van der Waals surface area contributed by atoms with Gasteiger partial charge in [-0.1, -0.05) is 0 Å². The van der Waals surface area contributed by atoms with E-state index in [0.717, 1.165) is 12.1 Å². The number of hydrogen-bond acceptors (Lipinski definition) is 7. The van der Waals surface area contributed by atoms with Gasteiger partial charge in [0.1, 0.15) is 16.7 Å². The molecule has 10 nitrogen and oxygen atoms in total. The van der Waals surface area contributed by atoms with Crippen molar-refractivity contribution in [2.45, 2.75) is 12.1 Å². The molecule has 0 spiro atoms. The maximum atomic E-state index is 14.3. The van der Waals surface area contributed by atoms with Crippen LogP contribution in [-0.2, 0) is 20.3 Å². The Balaban J connectivity index is 2.64. The molecule has 0 bridgehead atoms. The summed E-state index contributed by atoms with van der Waals surface area (Å²) in [6.07, 6.45) is -0.0664. The Kier molecular flexibility index (Phi) is 6.34. The number of primary sulfonamides is 1. The molecule has 1 aromatic carbocycles. The quantitative estimate of drug-likeness (QED) is 0.326. The Bertz CT molecular complexity index is 1170. The maximum Gasteiger partial charge on any atom is 0.400 e. The van der Waals surface area contributed by atoms with Crippen molar-refractivity contribution >= 4 is 44.9 Å². The molecule has 1 amide bonds. The number of benzene rings is 1. The zero-order valence-corrected chi connectivity index (χ0v) is 16.9. The average Bonchev–Trinajstić information content (AvgIpc) is 2.95. The summed E-state index contributed by atoms with van der Waals surface area (Å²) in [5.41, 5.74) is -0.406. The summed E-state index contributed by atoms with van der Waals surface area (Å²) in [6.45, 7) is -0.238. The lowest BCUT2D eigenvalue weighted by atomic mass is 10.1. The number of halogens is 2. The number of nitriles is 1. The van der Waals surface area contributed by atoms with E-state index in [2.05, 4.69) is 0 Å². The second kappa shape index (κ2) is 7.94. The summed E-state index contributed by atoms with van der Waals surface area (Å²) in [5, 5.41) is 13.9. The smallest absolute Gasteiger partial charge is 0.400 e. The van der Waals surface area contributed by atoms with Gasteiger partial charge in [0, 0.05) is 10.9 Å². The molecule has 6 N–H and O–H groups in total. The number of fused-ring (bicyclic) bond motifs is 1. The van der Waals surface area contributed by atoms with Gasteiger partial charge in [0.2, 0.25) is 15.9 Å². The molecule has 2 rings (SSSR count). The van der Waals surface area contributed by atoms with E-state index >= 15 is 0 Å². The monoisotopic (exact) mass is 469 g/mol. The van der Waals surface area contributed by atoms with Crippen molar-refractivity contribution in [2.75, 3.05) is 12.4 Å². The Morgan fingerprint density at radius 1 is 1.38 bits per heavy atom. The molecule has 2 aromatic rings. The first-order chi connectivity index (χ1) is 13.2. The number of nitrogens with zero attached hydrogens (tertiary/aromatic N) is 1. The summed E-state index contributed by atoms with van der Waals surface area (Å²) in [6, 6.07) is 3.59. The summed E-state index contributed by atoms with van der Waals surface area (Å²) < 4.78 is 66.9. The summed E-state index contributed by atoms with van der Waals surface area (Å²) in [4.78, 5) is 28.3.